The first-order valence-corrected chi connectivity index (χ1v) is 20.9. The Labute approximate surface area is 287 Å². The maximum Gasteiger partial charge on any atom is -0.0116 e. The van der Waals surface area contributed by atoms with Gasteiger partial charge in [-0.25, -0.2) is 0 Å². The molecule has 0 spiro atoms. The van der Waals surface area contributed by atoms with Gasteiger partial charge < -0.3 is 0 Å². The van der Waals surface area contributed by atoms with Gasteiger partial charge in [-0.3, -0.25) is 0 Å². The fraction of sp³-hybridized carbons (Fsp3) is 0.600. The number of hydrogen-bond donors (Lipinski definition) is 0. The summed E-state index contributed by atoms with van der Waals surface area (Å²) in [6.07, 6.45) is 22.6. The highest BCUT2D eigenvalue weighted by Gasteiger charge is 2.28. The first kappa shape index (κ1) is 38.5. The Morgan fingerprint density at radius 1 is 0.370 bits per heavy atom. The van der Waals surface area contributed by atoms with Crippen LogP contribution in [-0.2, 0) is 38.5 Å². The fourth-order valence-electron chi connectivity index (χ4n) is 7.25. The Hall–Kier alpha value is -1.91. The molecule has 0 aliphatic rings. The van der Waals surface area contributed by atoms with Crippen LogP contribution in [0.4, 0.5) is 0 Å². The molecule has 0 aliphatic carbocycles. The summed E-state index contributed by atoms with van der Waals surface area (Å²) in [6.45, 7) is 21.3. The largest absolute Gasteiger partial charge is 0.0654 e. The van der Waals surface area contributed by atoms with Gasteiger partial charge in [-0.2, -0.15) is 0 Å². The van der Waals surface area contributed by atoms with Crippen LogP contribution in [0, 0.1) is 20.8 Å². The summed E-state index contributed by atoms with van der Waals surface area (Å²) < 4.78 is 0. The second kappa shape index (κ2) is 20.5. The maximum atomic E-state index is 2.63. The first-order valence-electron chi connectivity index (χ1n) is 19.5. The summed E-state index contributed by atoms with van der Waals surface area (Å²) in [5.41, 5.74) is 14.6. The Morgan fingerprint density at radius 2 is 0.717 bits per heavy atom. The molecular formula is C45H69P. The van der Waals surface area contributed by atoms with Crippen molar-refractivity contribution in [3.8, 4) is 0 Å². The van der Waals surface area contributed by atoms with Crippen molar-refractivity contribution >= 4 is 23.8 Å². The Bertz CT molecular complexity index is 1270. The molecule has 0 radical (unpaired) electrons. The second-order valence-corrected chi connectivity index (χ2v) is 16.1. The van der Waals surface area contributed by atoms with Gasteiger partial charge in [0.25, 0.3) is 0 Å². The number of unbranched alkanes of at least 4 members (excludes halogenated alkanes) is 6. The summed E-state index contributed by atoms with van der Waals surface area (Å²) in [7, 11) is -0.683. The molecular weight excluding hydrogens is 571 g/mol. The van der Waals surface area contributed by atoms with E-state index in [9.17, 15) is 0 Å². The molecule has 0 atom stereocenters. The lowest BCUT2D eigenvalue weighted by molar-refractivity contribution is 0.736. The third-order valence-electron chi connectivity index (χ3n) is 10.5. The van der Waals surface area contributed by atoms with Crippen molar-refractivity contribution in [3.05, 3.63) is 86.5 Å². The van der Waals surface area contributed by atoms with E-state index in [4.69, 9.17) is 0 Å². The van der Waals surface area contributed by atoms with E-state index >= 15 is 0 Å². The fourth-order valence-corrected chi connectivity index (χ4v) is 10.2. The highest BCUT2D eigenvalue weighted by atomic mass is 31.1. The predicted octanol–water partition coefficient (Wildman–Crippen LogP) is 12.4. The zero-order valence-electron chi connectivity index (χ0n) is 31.6. The molecule has 254 valence electrons. The van der Waals surface area contributed by atoms with Gasteiger partial charge in [-0.15, -0.1) is 0 Å². The van der Waals surface area contributed by atoms with E-state index in [0.29, 0.717) is 0 Å². The van der Waals surface area contributed by atoms with Crippen molar-refractivity contribution in [3.63, 3.8) is 0 Å². The molecule has 0 N–H and O–H groups in total. The average Bonchev–Trinajstić information content (AvgIpc) is 3.07. The normalized spacial score (nSPS) is 11.6. The van der Waals surface area contributed by atoms with Gasteiger partial charge >= 0.3 is 0 Å². The van der Waals surface area contributed by atoms with Crippen LogP contribution in [0.3, 0.4) is 0 Å². The van der Waals surface area contributed by atoms with E-state index in [1.54, 1.807) is 49.3 Å². The van der Waals surface area contributed by atoms with E-state index in [1.807, 2.05) is 0 Å². The monoisotopic (exact) mass is 641 g/mol. The summed E-state index contributed by atoms with van der Waals surface area (Å²) in [4.78, 5) is 0. The van der Waals surface area contributed by atoms with Crippen LogP contribution >= 0.6 is 7.92 Å². The lowest BCUT2D eigenvalue weighted by atomic mass is 9.90. The molecule has 46 heavy (non-hydrogen) atoms. The van der Waals surface area contributed by atoms with Crippen molar-refractivity contribution in [1.29, 1.82) is 0 Å². The predicted molar refractivity (Wildman–Crippen MR) is 211 cm³/mol. The molecule has 0 amide bonds. The third-order valence-corrected chi connectivity index (χ3v) is 13.2. The van der Waals surface area contributed by atoms with Crippen molar-refractivity contribution in [2.24, 2.45) is 0 Å². The van der Waals surface area contributed by atoms with Gasteiger partial charge in [0.15, 0.2) is 0 Å². The van der Waals surface area contributed by atoms with E-state index in [2.05, 4.69) is 98.7 Å². The molecule has 0 heterocycles. The van der Waals surface area contributed by atoms with Gasteiger partial charge in [-0.05, 0) is 172 Å². The van der Waals surface area contributed by atoms with Crippen LogP contribution in [0.15, 0.2) is 36.4 Å². The molecule has 3 aromatic rings. The molecule has 0 aliphatic heterocycles. The molecule has 3 rings (SSSR count). The minimum absolute atomic E-state index is 0.683. The van der Waals surface area contributed by atoms with Crippen LogP contribution in [0.1, 0.15) is 169 Å². The van der Waals surface area contributed by atoms with Crippen molar-refractivity contribution in [2.75, 3.05) is 0 Å². The average molecular weight is 641 g/mol. The number of benzene rings is 3. The third kappa shape index (κ3) is 9.82. The van der Waals surface area contributed by atoms with E-state index in [1.165, 1.54) is 132 Å². The first-order chi connectivity index (χ1) is 22.4. The quantitative estimate of drug-likeness (QED) is 0.102. The number of aryl methyl sites for hydroxylation is 3. The molecule has 0 saturated carbocycles. The molecule has 1 heteroatoms. The SMILES string of the molecule is CCCCc1ccc(P(c2ccc(C)c(C)c2C)c2ccc(CCCC)c(CCCC)c2CCCC)c(CCCC)c1CCCC. The van der Waals surface area contributed by atoms with Crippen molar-refractivity contribution in [2.45, 2.75) is 178 Å². The minimum atomic E-state index is -0.683. The summed E-state index contributed by atoms with van der Waals surface area (Å²) in [5.74, 6) is 0. The Morgan fingerprint density at radius 3 is 1.11 bits per heavy atom. The van der Waals surface area contributed by atoms with Gasteiger partial charge in [0.05, 0.1) is 0 Å². The van der Waals surface area contributed by atoms with Gasteiger partial charge in [0, 0.05) is 0 Å². The van der Waals surface area contributed by atoms with Gasteiger partial charge in [0.1, 0.15) is 0 Å². The van der Waals surface area contributed by atoms with Crippen molar-refractivity contribution < 1.29 is 0 Å². The zero-order chi connectivity index (χ0) is 33.5. The number of rotatable bonds is 21. The maximum absolute atomic E-state index is 2.63. The van der Waals surface area contributed by atoms with Gasteiger partial charge in [-0.1, -0.05) is 116 Å². The molecule has 0 fully saturated rings. The van der Waals surface area contributed by atoms with Crippen LogP contribution < -0.4 is 15.9 Å². The van der Waals surface area contributed by atoms with Gasteiger partial charge in [0.2, 0.25) is 0 Å². The summed E-state index contributed by atoms with van der Waals surface area (Å²) in [5, 5.41) is 4.93. The molecule has 0 unspecified atom stereocenters. The summed E-state index contributed by atoms with van der Waals surface area (Å²) >= 11 is 0. The smallest absolute Gasteiger partial charge is 0.0116 e. The number of hydrogen-bond acceptors (Lipinski definition) is 0. The Kier molecular flexibility index (Phi) is 17.1. The molecule has 0 bridgehead atoms. The molecule has 0 nitrogen and oxygen atoms in total. The van der Waals surface area contributed by atoms with Crippen molar-refractivity contribution in [1.82, 2.24) is 0 Å². The van der Waals surface area contributed by atoms with Crippen LogP contribution in [0.2, 0.25) is 0 Å². The van der Waals surface area contributed by atoms with Crippen LogP contribution in [0.5, 0.6) is 0 Å². The molecule has 0 aromatic heterocycles. The second-order valence-electron chi connectivity index (χ2n) is 14.0. The lowest BCUT2D eigenvalue weighted by Crippen LogP contribution is -2.30. The van der Waals surface area contributed by atoms with E-state index < -0.39 is 7.92 Å². The standard InChI is InChI=1S/C45H69P/c1-10-16-22-37-29-32-44(41(26-20-14-5)39(37)24-18-12-3)46(43-31-28-34(7)35(8)36(43)9)45-33-30-38(23-17-11-2)40(25-19-13-4)42(45)27-21-15-6/h28-33H,10-27H2,1-9H3. The van der Waals surface area contributed by atoms with E-state index in [-0.39, 0.29) is 0 Å². The van der Waals surface area contributed by atoms with Crippen LogP contribution in [0.25, 0.3) is 0 Å². The van der Waals surface area contributed by atoms with Crippen LogP contribution in [-0.4, -0.2) is 0 Å². The Balaban J connectivity index is 2.48. The minimum Gasteiger partial charge on any atom is -0.0654 e. The molecule has 0 saturated heterocycles. The van der Waals surface area contributed by atoms with E-state index in [0.717, 1.165) is 0 Å². The highest BCUT2D eigenvalue weighted by Crippen LogP contribution is 2.41. The highest BCUT2D eigenvalue weighted by molar-refractivity contribution is 7.80. The summed E-state index contributed by atoms with van der Waals surface area (Å²) in [6, 6.07) is 15.4. The molecule has 3 aromatic carbocycles. The zero-order valence-corrected chi connectivity index (χ0v) is 32.5. The lowest BCUT2D eigenvalue weighted by Gasteiger charge is -2.31. The topological polar surface area (TPSA) is 0 Å².